The summed E-state index contributed by atoms with van der Waals surface area (Å²) >= 11 is 0. The lowest BCUT2D eigenvalue weighted by molar-refractivity contribution is -0.194. The lowest BCUT2D eigenvalue weighted by Gasteiger charge is -2.48. The Morgan fingerprint density at radius 1 is 1.15 bits per heavy atom. The molecular weight excluding hydrogens is 254 g/mol. The van der Waals surface area contributed by atoms with Crippen molar-refractivity contribution in [1.29, 1.82) is 0 Å². The molecule has 1 saturated carbocycles. The van der Waals surface area contributed by atoms with Gasteiger partial charge in [0, 0.05) is 51.1 Å². The summed E-state index contributed by atoms with van der Waals surface area (Å²) in [4.78, 5) is 5.07. The Labute approximate surface area is 122 Å². The van der Waals surface area contributed by atoms with Crippen LogP contribution in [0.5, 0.6) is 0 Å². The first-order chi connectivity index (χ1) is 9.72. The molecule has 0 aromatic rings. The van der Waals surface area contributed by atoms with Crippen LogP contribution in [0.1, 0.15) is 26.2 Å². The molecule has 3 fully saturated rings. The lowest BCUT2D eigenvalue weighted by Crippen LogP contribution is -2.61. The van der Waals surface area contributed by atoms with Gasteiger partial charge in [-0.1, -0.05) is 6.92 Å². The van der Waals surface area contributed by atoms with Crippen molar-refractivity contribution in [3.63, 3.8) is 0 Å². The van der Waals surface area contributed by atoms with Gasteiger partial charge in [0.25, 0.3) is 0 Å². The van der Waals surface area contributed by atoms with Crippen LogP contribution in [0.25, 0.3) is 0 Å². The number of hydrogen-bond donors (Lipinski definition) is 1. The fourth-order valence-corrected chi connectivity index (χ4v) is 3.93. The van der Waals surface area contributed by atoms with Crippen LogP contribution >= 0.6 is 0 Å². The zero-order valence-electron chi connectivity index (χ0n) is 12.9. The molecule has 1 aliphatic carbocycles. The molecule has 2 saturated heterocycles. The average molecular weight is 283 g/mol. The summed E-state index contributed by atoms with van der Waals surface area (Å²) in [5, 5.41) is 3.68. The van der Waals surface area contributed by atoms with Crippen LogP contribution in [-0.4, -0.2) is 80.7 Å². The maximum atomic E-state index is 5.96. The SMILES string of the molecule is CCNC1CCC2(CC1N1CCN(C)CC1)OCCO2. The molecule has 0 aromatic carbocycles. The Kier molecular flexibility index (Phi) is 4.62. The third-order valence-electron chi connectivity index (χ3n) is 5.11. The summed E-state index contributed by atoms with van der Waals surface area (Å²) in [5.74, 6) is -0.278. The van der Waals surface area contributed by atoms with Crippen molar-refractivity contribution in [2.45, 2.75) is 44.1 Å². The van der Waals surface area contributed by atoms with E-state index in [0.29, 0.717) is 12.1 Å². The molecule has 3 rings (SSSR count). The first-order valence-corrected chi connectivity index (χ1v) is 8.16. The molecule has 1 spiro atoms. The van der Waals surface area contributed by atoms with Gasteiger partial charge in [-0.15, -0.1) is 0 Å². The maximum absolute atomic E-state index is 5.96. The zero-order chi connectivity index (χ0) is 14.0. The number of piperazine rings is 1. The van der Waals surface area contributed by atoms with E-state index in [0.717, 1.165) is 39.0 Å². The molecule has 5 nitrogen and oxygen atoms in total. The van der Waals surface area contributed by atoms with Gasteiger partial charge in [0.05, 0.1) is 13.2 Å². The number of likely N-dealkylation sites (N-methyl/N-ethyl adjacent to an activating group) is 2. The Balaban J connectivity index is 1.68. The molecule has 2 unspecified atom stereocenters. The standard InChI is InChI=1S/C15H29N3O2/c1-3-16-13-4-5-15(19-10-11-20-15)12-14(13)18-8-6-17(2)7-9-18/h13-14,16H,3-12H2,1-2H3. The summed E-state index contributed by atoms with van der Waals surface area (Å²) < 4.78 is 11.9. The molecule has 0 radical (unpaired) electrons. The summed E-state index contributed by atoms with van der Waals surface area (Å²) in [6.45, 7) is 9.45. The fourth-order valence-electron chi connectivity index (χ4n) is 3.93. The summed E-state index contributed by atoms with van der Waals surface area (Å²) in [5.41, 5.74) is 0. The molecule has 5 heteroatoms. The Hall–Kier alpha value is -0.200. The predicted octanol–water partition coefficient (Wildman–Crippen LogP) is 0.508. The topological polar surface area (TPSA) is 37.0 Å². The monoisotopic (exact) mass is 283 g/mol. The highest BCUT2D eigenvalue weighted by molar-refractivity contribution is 4.97. The molecule has 116 valence electrons. The van der Waals surface area contributed by atoms with E-state index >= 15 is 0 Å². The quantitative estimate of drug-likeness (QED) is 0.817. The minimum atomic E-state index is -0.278. The molecule has 0 amide bonds. The molecule has 1 N–H and O–H groups in total. The number of ether oxygens (including phenoxy) is 2. The zero-order valence-corrected chi connectivity index (χ0v) is 12.9. The highest BCUT2D eigenvalue weighted by atomic mass is 16.7. The van der Waals surface area contributed by atoms with Gasteiger partial charge in [-0.05, 0) is 20.0 Å². The van der Waals surface area contributed by atoms with Gasteiger partial charge in [-0.2, -0.15) is 0 Å². The van der Waals surface area contributed by atoms with Crippen molar-refractivity contribution in [1.82, 2.24) is 15.1 Å². The van der Waals surface area contributed by atoms with Crippen LogP contribution in [0.15, 0.2) is 0 Å². The van der Waals surface area contributed by atoms with Crippen LogP contribution in [0.2, 0.25) is 0 Å². The normalized spacial score (nSPS) is 35.7. The molecule has 20 heavy (non-hydrogen) atoms. The number of hydrogen-bond acceptors (Lipinski definition) is 5. The molecule has 2 heterocycles. The van der Waals surface area contributed by atoms with Crippen molar-refractivity contribution >= 4 is 0 Å². The van der Waals surface area contributed by atoms with E-state index in [1.165, 1.54) is 26.2 Å². The van der Waals surface area contributed by atoms with E-state index in [1.54, 1.807) is 0 Å². The Bertz CT molecular complexity index is 312. The van der Waals surface area contributed by atoms with E-state index < -0.39 is 0 Å². The van der Waals surface area contributed by atoms with Crippen molar-refractivity contribution in [3.8, 4) is 0 Å². The van der Waals surface area contributed by atoms with Crippen molar-refractivity contribution in [2.24, 2.45) is 0 Å². The Morgan fingerprint density at radius 3 is 2.50 bits per heavy atom. The first-order valence-electron chi connectivity index (χ1n) is 8.16. The molecule has 2 aliphatic heterocycles. The van der Waals surface area contributed by atoms with Gasteiger partial charge < -0.3 is 19.7 Å². The second-order valence-corrected chi connectivity index (χ2v) is 6.42. The largest absolute Gasteiger partial charge is 0.347 e. The lowest BCUT2D eigenvalue weighted by atomic mass is 9.84. The molecular formula is C15H29N3O2. The number of nitrogens with zero attached hydrogens (tertiary/aromatic N) is 2. The first kappa shape index (κ1) is 14.7. The van der Waals surface area contributed by atoms with E-state index in [4.69, 9.17) is 9.47 Å². The third kappa shape index (κ3) is 3.02. The van der Waals surface area contributed by atoms with Gasteiger partial charge in [0.15, 0.2) is 5.79 Å². The van der Waals surface area contributed by atoms with Crippen LogP contribution < -0.4 is 5.32 Å². The second-order valence-electron chi connectivity index (χ2n) is 6.42. The van der Waals surface area contributed by atoms with Crippen LogP contribution in [0, 0.1) is 0 Å². The van der Waals surface area contributed by atoms with Crippen LogP contribution in [-0.2, 0) is 9.47 Å². The fraction of sp³-hybridized carbons (Fsp3) is 1.00. The van der Waals surface area contributed by atoms with Gasteiger partial charge in [-0.25, -0.2) is 0 Å². The van der Waals surface area contributed by atoms with Crippen molar-refractivity contribution < 1.29 is 9.47 Å². The van der Waals surface area contributed by atoms with Gasteiger partial charge in [0.2, 0.25) is 0 Å². The third-order valence-corrected chi connectivity index (χ3v) is 5.11. The molecule has 2 atom stereocenters. The maximum Gasteiger partial charge on any atom is 0.170 e. The summed E-state index contributed by atoms with van der Waals surface area (Å²) in [6, 6.07) is 1.14. The van der Waals surface area contributed by atoms with E-state index in [9.17, 15) is 0 Å². The molecule has 0 aromatic heterocycles. The molecule has 3 aliphatic rings. The number of rotatable bonds is 3. The number of nitrogens with one attached hydrogen (secondary N) is 1. The van der Waals surface area contributed by atoms with Crippen molar-refractivity contribution in [3.05, 3.63) is 0 Å². The average Bonchev–Trinajstić information content (AvgIpc) is 2.91. The predicted molar refractivity (Wildman–Crippen MR) is 78.8 cm³/mol. The van der Waals surface area contributed by atoms with Gasteiger partial charge in [0.1, 0.15) is 0 Å². The minimum Gasteiger partial charge on any atom is -0.347 e. The van der Waals surface area contributed by atoms with E-state index in [2.05, 4.69) is 29.1 Å². The Morgan fingerprint density at radius 2 is 1.85 bits per heavy atom. The summed E-state index contributed by atoms with van der Waals surface area (Å²) in [6.07, 6.45) is 3.22. The van der Waals surface area contributed by atoms with Gasteiger partial charge >= 0.3 is 0 Å². The second kappa shape index (κ2) is 6.28. The van der Waals surface area contributed by atoms with E-state index in [1.807, 2.05) is 0 Å². The minimum absolute atomic E-state index is 0.278. The summed E-state index contributed by atoms with van der Waals surface area (Å²) in [7, 11) is 2.21. The highest BCUT2D eigenvalue weighted by Crippen LogP contribution is 2.38. The van der Waals surface area contributed by atoms with Crippen molar-refractivity contribution in [2.75, 3.05) is 53.0 Å². The van der Waals surface area contributed by atoms with Gasteiger partial charge in [-0.3, -0.25) is 4.90 Å². The van der Waals surface area contributed by atoms with Crippen LogP contribution in [0.4, 0.5) is 0 Å². The van der Waals surface area contributed by atoms with Crippen LogP contribution in [0.3, 0.4) is 0 Å². The van der Waals surface area contributed by atoms with E-state index in [-0.39, 0.29) is 5.79 Å². The molecule has 0 bridgehead atoms. The highest BCUT2D eigenvalue weighted by Gasteiger charge is 2.46. The smallest absolute Gasteiger partial charge is 0.170 e.